The Hall–Kier alpha value is -0.490. The first-order valence-corrected chi connectivity index (χ1v) is 4.06. The van der Waals surface area contributed by atoms with E-state index in [0.29, 0.717) is 6.42 Å². The molecule has 5 nitrogen and oxygen atoms in total. The van der Waals surface area contributed by atoms with Gasteiger partial charge in [0, 0.05) is 6.42 Å². The van der Waals surface area contributed by atoms with Crippen molar-refractivity contribution >= 4 is 5.78 Å². The van der Waals surface area contributed by atoms with Crippen LogP contribution in [0, 0.1) is 0 Å². The zero-order valence-electron chi connectivity index (χ0n) is 7.97. The minimum absolute atomic E-state index is 0.255. The average molecular weight is 194 g/mol. The molecule has 0 aliphatic rings. The first-order valence-electron chi connectivity index (χ1n) is 4.06. The lowest BCUT2D eigenvalue weighted by molar-refractivity contribution is -0.116. The summed E-state index contributed by atoms with van der Waals surface area (Å²) >= 11 is 0. The molecular weight excluding hydrogens is 176 g/mol. The molecule has 0 aliphatic carbocycles. The first-order chi connectivity index (χ1) is 5.99. The van der Waals surface area contributed by atoms with Crippen molar-refractivity contribution in [1.29, 1.82) is 0 Å². The third-order valence-corrected chi connectivity index (χ3v) is 1.32. The van der Waals surface area contributed by atoms with Crippen molar-refractivity contribution in [3.63, 3.8) is 0 Å². The molecule has 4 N–H and O–H groups in total. The summed E-state index contributed by atoms with van der Waals surface area (Å²) in [5.74, 6) is 0.255. The number of hydrogen-bond acceptors (Lipinski definition) is 5. The van der Waals surface area contributed by atoms with Gasteiger partial charge in [-0.1, -0.05) is 6.92 Å². The Morgan fingerprint density at radius 2 is 1.38 bits per heavy atom. The lowest BCUT2D eigenvalue weighted by Gasteiger charge is -2.10. The van der Waals surface area contributed by atoms with Gasteiger partial charge >= 0.3 is 0 Å². The zero-order chi connectivity index (χ0) is 10.9. The largest absolute Gasteiger partial charge is 0.394 e. The van der Waals surface area contributed by atoms with E-state index in [2.05, 4.69) is 0 Å². The highest BCUT2D eigenvalue weighted by Crippen LogP contribution is 1.88. The lowest BCUT2D eigenvalue weighted by Crippen LogP contribution is -2.31. The van der Waals surface area contributed by atoms with Crippen LogP contribution in [0.5, 0.6) is 0 Å². The van der Waals surface area contributed by atoms with Gasteiger partial charge < -0.3 is 25.2 Å². The Labute approximate surface area is 77.6 Å². The fourth-order valence-electron chi connectivity index (χ4n) is 0.243. The van der Waals surface area contributed by atoms with Gasteiger partial charge in [-0.3, -0.25) is 0 Å². The second-order valence-electron chi connectivity index (χ2n) is 2.56. The van der Waals surface area contributed by atoms with Crippen molar-refractivity contribution in [3.8, 4) is 0 Å². The van der Waals surface area contributed by atoms with Crippen molar-refractivity contribution in [2.24, 2.45) is 0 Å². The quantitative estimate of drug-likeness (QED) is 0.445. The highest BCUT2D eigenvalue weighted by atomic mass is 16.4. The lowest BCUT2D eigenvalue weighted by atomic mass is 10.2. The van der Waals surface area contributed by atoms with Crippen LogP contribution in [0.15, 0.2) is 0 Å². The van der Waals surface area contributed by atoms with Crippen molar-refractivity contribution in [2.75, 3.05) is 13.2 Å². The fraction of sp³-hybridized carbons (Fsp3) is 0.875. The van der Waals surface area contributed by atoms with E-state index in [0.717, 1.165) is 0 Å². The molecule has 0 unspecified atom stereocenters. The van der Waals surface area contributed by atoms with Gasteiger partial charge in [-0.05, 0) is 6.92 Å². The predicted octanol–water partition coefficient (Wildman–Crippen LogP) is -1.32. The Morgan fingerprint density at radius 3 is 1.46 bits per heavy atom. The molecule has 0 radical (unpaired) electrons. The second kappa shape index (κ2) is 9.60. The van der Waals surface area contributed by atoms with Crippen LogP contribution in [0.25, 0.3) is 0 Å². The molecule has 0 spiro atoms. The summed E-state index contributed by atoms with van der Waals surface area (Å²) in [5.41, 5.74) is 0. The van der Waals surface area contributed by atoms with Crippen LogP contribution < -0.4 is 0 Å². The summed E-state index contributed by atoms with van der Waals surface area (Å²) in [4.78, 5) is 9.81. The van der Waals surface area contributed by atoms with E-state index in [1.165, 1.54) is 0 Å². The molecule has 0 saturated heterocycles. The van der Waals surface area contributed by atoms with E-state index >= 15 is 0 Å². The average Bonchev–Trinajstić information content (AvgIpc) is 2.16. The number of hydrogen-bond donors (Lipinski definition) is 4. The SMILES string of the molecule is CCC(C)=O.OC[C@@H](O)[C@@H](O)CO. The van der Waals surface area contributed by atoms with E-state index in [4.69, 9.17) is 20.4 Å². The zero-order valence-corrected chi connectivity index (χ0v) is 7.97. The number of rotatable bonds is 4. The number of carbonyl (C=O) groups excluding carboxylic acids is 1. The third kappa shape index (κ3) is 11.5. The molecule has 0 aromatic heterocycles. The second-order valence-corrected chi connectivity index (χ2v) is 2.56. The number of ketones is 1. The van der Waals surface area contributed by atoms with E-state index in [1.807, 2.05) is 6.92 Å². The molecule has 0 aromatic rings. The molecule has 0 aliphatic heterocycles. The predicted molar refractivity (Wildman–Crippen MR) is 47.2 cm³/mol. The first kappa shape index (κ1) is 15.0. The van der Waals surface area contributed by atoms with Crippen LogP contribution in [0.3, 0.4) is 0 Å². The van der Waals surface area contributed by atoms with Gasteiger partial charge in [0.15, 0.2) is 0 Å². The fourth-order valence-corrected chi connectivity index (χ4v) is 0.243. The minimum Gasteiger partial charge on any atom is -0.394 e. The van der Waals surface area contributed by atoms with Gasteiger partial charge in [0.25, 0.3) is 0 Å². The standard InChI is InChI=1S/C4H10O4.C4H8O/c5-1-3(7)4(8)2-6;1-3-4(2)5/h3-8H,1-2H2;3H2,1-2H3/t3-,4+;. The van der Waals surface area contributed by atoms with Gasteiger partial charge in [0.1, 0.15) is 18.0 Å². The van der Waals surface area contributed by atoms with Crippen LogP contribution >= 0.6 is 0 Å². The van der Waals surface area contributed by atoms with Crippen LogP contribution in [-0.2, 0) is 4.79 Å². The Balaban J connectivity index is 0. The molecule has 80 valence electrons. The van der Waals surface area contributed by atoms with Crippen LogP contribution in [-0.4, -0.2) is 51.6 Å². The van der Waals surface area contributed by atoms with Crippen molar-refractivity contribution in [3.05, 3.63) is 0 Å². The maximum Gasteiger partial charge on any atom is 0.129 e. The molecule has 0 saturated carbocycles. The summed E-state index contributed by atoms with van der Waals surface area (Å²) in [5, 5.41) is 33.2. The van der Waals surface area contributed by atoms with Crippen molar-refractivity contribution in [1.82, 2.24) is 0 Å². The summed E-state index contributed by atoms with van der Waals surface area (Å²) in [6, 6.07) is 0. The minimum atomic E-state index is -1.22. The summed E-state index contributed by atoms with van der Waals surface area (Å²) in [6.45, 7) is 2.38. The highest BCUT2D eigenvalue weighted by Gasteiger charge is 2.12. The summed E-state index contributed by atoms with van der Waals surface area (Å²) in [7, 11) is 0. The molecule has 13 heavy (non-hydrogen) atoms. The maximum absolute atomic E-state index is 9.81. The van der Waals surface area contributed by atoms with Crippen LogP contribution in [0.4, 0.5) is 0 Å². The van der Waals surface area contributed by atoms with Gasteiger partial charge in [-0.15, -0.1) is 0 Å². The highest BCUT2D eigenvalue weighted by molar-refractivity contribution is 5.74. The van der Waals surface area contributed by atoms with Crippen molar-refractivity contribution in [2.45, 2.75) is 32.5 Å². The normalized spacial score (nSPS) is 14.0. The monoisotopic (exact) mass is 194 g/mol. The van der Waals surface area contributed by atoms with Crippen LogP contribution in [0.2, 0.25) is 0 Å². The van der Waals surface area contributed by atoms with E-state index < -0.39 is 25.4 Å². The van der Waals surface area contributed by atoms with Gasteiger partial charge in [0.2, 0.25) is 0 Å². The molecule has 0 aromatic carbocycles. The van der Waals surface area contributed by atoms with E-state index in [-0.39, 0.29) is 5.78 Å². The molecule has 5 heteroatoms. The molecule has 0 heterocycles. The topological polar surface area (TPSA) is 98.0 Å². The smallest absolute Gasteiger partial charge is 0.129 e. The number of Topliss-reactive ketones (excluding diaryl/α,β-unsaturated/α-hetero) is 1. The molecule has 0 rings (SSSR count). The van der Waals surface area contributed by atoms with Gasteiger partial charge in [0.05, 0.1) is 13.2 Å². The van der Waals surface area contributed by atoms with Gasteiger partial charge in [-0.25, -0.2) is 0 Å². The molecule has 0 amide bonds. The summed E-state index contributed by atoms with van der Waals surface area (Å²) in [6.07, 6.45) is -1.78. The summed E-state index contributed by atoms with van der Waals surface area (Å²) < 4.78 is 0. The number of aliphatic hydroxyl groups excluding tert-OH is 4. The Bertz CT molecular complexity index is 118. The molecular formula is C8H18O5. The maximum atomic E-state index is 9.81. The Kier molecular flexibility index (Phi) is 11.1. The van der Waals surface area contributed by atoms with E-state index in [9.17, 15) is 4.79 Å². The van der Waals surface area contributed by atoms with Crippen molar-refractivity contribution < 1.29 is 25.2 Å². The van der Waals surface area contributed by atoms with Gasteiger partial charge in [-0.2, -0.15) is 0 Å². The molecule has 0 bridgehead atoms. The number of aliphatic hydroxyl groups is 4. The molecule has 2 atom stereocenters. The third-order valence-electron chi connectivity index (χ3n) is 1.32. The van der Waals surface area contributed by atoms with E-state index in [1.54, 1.807) is 6.92 Å². The molecule has 0 fully saturated rings. The Morgan fingerprint density at radius 1 is 1.15 bits per heavy atom. The van der Waals surface area contributed by atoms with Crippen LogP contribution in [0.1, 0.15) is 20.3 Å². The number of carbonyl (C=O) groups is 1.